The van der Waals surface area contributed by atoms with E-state index in [1.165, 1.54) is 44.9 Å². The quantitative estimate of drug-likeness (QED) is 0.654. The number of rotatable bonds is 8. The molecule has 18 heavy (non-hydrogen) atoms. The van der Waals surface area contributed by atoms with Crippen LogP contribution in [0.2, 0.25) is 0 Å². The van der Waals surface area contributed by atoms with Crippen LogP contribution in [-0.4, -0.2) is 18.0 Å². The third kappa shape index (κ3) is 6.39. The molecule has 3 N–H and O–H groups in total. The Morgan fingerprint density at radius 3 is 2.50 bits per heavy atom. The number of nitrogens with one attached hydrogen (secondary N) is 1. The zero-order valence-electron chi connectivity index (χ0n) is 11.9. The number of amides is 1. The Morgan fingerprint density at radius 1 is 1.11 bits per heavy atom. The summed E-state index contributed by atoms with van der Waals surface area (Å²) in [5.74, 6) is 0.202. The molecule has 1 fully saturated rings. The fourth-order valence-electron chi connectivity index (χ4n) is 2.68. The molecule has 0 aromatic rings. The Hall–Kier alpha value is -0.570. The molecule has 0 unspecified atom stereocenters. The van der Waals surface area contributed by atoms with Gasteiger partial charge >= 0.3 is 0 Å². The molecule has 0 saturated heterocycles. The highest BCUT2D eigenvalue weighted by Crippen LogP contribution is 2.17. The molecule has 1 aliphatic carbocycles. The summed E-state index contributed by atoms with van der Waals surface area (Å²) in [6.45, 7) is 2.22. The third-order valence-corrected chi connectivity index (χ3v) is 3.92. The van der Waals surface area contributed by atoms with E-state index in [-0.39, 0.29) is 18.0 Å². The number of hydrogen-bond donors (Lipinski definition) is 2. The van der Waals surface area contributed by atoms with Crippen molar-refractivity contribution in [1.82, 2.24) is 5.32 Å². The molecular formula is C15H30N2O. The van der Waals surface area contributed by atoms with Crippen LogP contribution in [0.4, 0.5) is 0 Å². The minimum atomic E-state index is 0.173. The van der Waals surface area contributed by atoms with E-state index >= 15 is 0 Å². The predicted octanol–water partition coefficient (Wildman–Crippen LogP) is 3.12. The van der Waals surface area contributed by atoms with E-state index in [9.17, 15) is 4.79 Å². The van der Waals surface area contributed by atoms with Crippen LogP contribution in [-0.2, 0) is 4.79 Å². The summed E-state index contributed by atoms with van der Waals surface area (Å²) in [7, 11) is 0. The molecule has 0 aromatic heterocycles. The molecule has 2 atom stereocenters. The molecule has 1 amide bonds. The van der Waals surface area contributed by atoms with E-state index in [0.29, 0.717) is 6.42 Å². The normalized spacial score (nSPS) is 23.9. The van der Waals surface area contributed by atoms with Crippen LogP contribution in [0.1, 0.15) is 77.6 Å². The summed E-state index contributed by atoms with van der Waals surface area (Å²) in [6.07, 6.45) is 12.6. The fourth-order valence-corrected chi connectivity index (χ4v) is 2.68. The highest BCUT2D eigenvalue weighted by Gasteiger charge is 2.22. The van der Waals surface area contributed by atoms with E-state index < -0.39 is 0 Å². The van der Waals surface area contributed by atoms with Gasteiger partial charge in [-0.25, -0.2) is 0 Å². The van der Waals surface area contributed by atoms with E-state index in [1.807, 2.05) is 0 Å². The standard InChI is InChI=1S/C15H30N2O/c1-2-3-4-5-6-7-12-15(18)17-14-11-9-8-10-13(14)16/h13-14H,2-12,16H2,1H3,(H,17,18)/t13-,14-/m1/s1. The Balaban J connectivity index is 2.02. The molecule has 0 bridgehead atoms. The van der Waals surface area contributed by atoms with Gasteiger partial charge in [0.1, 0.15) is 0 Å². The number of unbranched alkanes of at least 4 members (excludes halogenated alkanes) is 5. The lowest BCUT2D eigenvalue weighted by Crippen LogP contribution is -2.49. The van der Waals surface area contributed by atoms with Gasteiger partial charge in [-0.1, -0.05) is 51.9 Å². The van der Waals surface area contributed by atoms with Gasteiger partial charge in [-0.2, -0.15) is 0 Å². The van der Waals surface area contributed by atoms with Crippen molar-refractivity contribution < 1.29 is 4.79 Å². The van der Waals surface area contributed by atoms with Crippen molar-refractivity contribution in [3.8, 4) is 0 Å². The van der Waals surface area contributed by atoms with Gasteiger partial charge in [-0.05, 0) is 19.3 Å². The van der Waals surface area contributed by atoms with Gasteiger partial charge in [-0.3, -0.25) is 4.79 Å². The molecule has 3 heteroatoms. The fraction of sp³-hybridized carbons (Fsp3) is 0.933. The van der Waals surface area contributed by atoms with Gasteiger partial charge in [0.2, 0.25) is 5.91 Å². The summed E-state index contributed by atoms with van der Waals surface area (Å²) < 4.78 is 0. The second-order valence-corrected chi connectivity index (χ2v) is 5.64. The van der Waals surface area contributed by atoms with Crippen molar-refractivity contribution in [2.75, 3.05) is 0 Å². The van der Waals surface area contributed by atoms with E-state index in [2.05, 4.69) is 12.2 Å². The third-order valence-electron chi connectivity index (χ3n) is 3.92. The van der Waals surface area contributed by atoms with Crippen molar-refractivity contribution in [3.63, 3.8) is 0 Å². The van der Waals surface area contributed by atoms with Gasteiger partial charge in [0.05, 0.1) is 0 Å². The minimum absolute atomic E-state index is 0.173. The van der Waals surface area contributed by atoms with Gasteiger partial charge in [0.15, 0.2) is 0 Å². The maximum atomic E-state index is 11.8. The maximum Gasteiger partial charge on any atom is 0.220 e. The molecule has 0 radical (unpaired) electrons. The predicted molar refractivity (Wildman–Crippen MR) is 76.4 cm³/mol. The smallest absolute Gasteiger partial charge is 0.220 e. The average molecular weight is 254 g/mol. The van der Waals surface area contributed by atoms with Gasteiger partial charge in [0.25, 0.3) is 0 Å². The Bertz CT molecular complexity index is 231. The SMILES string of the molecule is CCCCCCCCC(=O)N[C@@H]1CCCC[C@H]1N. The molecule has 0 spiro atoms. The molecule has 0 aliphatic heterocycles. The van der Waals surface area contributed by atoms with Crippen LogP contribution in [0.15, 0.2) is 0 Å². The molecule has 0 heterocycles. The number of hydrogen-bond acceptors (Lipinski definition) is 2. The molecule has 1 aliphatic rings. The summed E-state index contributed by atoms with van der Waals surface area (Å²) in [4.78, 5) is 11.8. The lowest BCUT2D eigenvalue weighted by molar-refractivity contribution is -0.122. The molecule has 106 valence electrons. The topological polar surface area (TPSA) is 55.1 Å². The molecule has 1 rings (SSSR count). The van der Waals surface area contributed by atoms with Crippen molar-refractivity contribution in [1.29, 1.82) is 0 Å². The second kappa shape index (κ2) is 9.37. The Kier molecular flexibility index (Phi) is 8.06. The van der Waals surface area contributed by atoms with E-state index in [0.717, 1.165) is 19.3 Å². The van der Waals surface area contributed by atoms with Gasteiger partial charge in [-0.15, -0.1) is 0 Å². The first-order valence-electron chi connectivity index (χ1n) is 7.79. The highest BCUT2D eigenvalue weighted by molar-refractivity contribution is 5.76. The first kappa shape index (κ1) is 15.5. The van der Waals surface area contributed by atoms with Crippen LogP contribution in [0.3, 0.4) is 0 Å². The summed E-state index contributed by atoms with van der Waals surface area (Å²) in [5, 5.41) is 3.11. The second-order valence-electron chi connectivity index (χ2n) is 5.64. The van der Waals surface area contributed by atoms with Gasteiger partial charge < -0.3 is 11.1 Å². The first-order valence-corrected chi connectivity index (χ1v) is 7.79. The molecular weight excluding hydrogens is 224 g/mol. The summed E-state index contributed by atoms with van der Waals surface area (Å²) in [6, 6.07) is 0.401. The zero-order chi connectivity index (χ0) is 13.2. The van der Waals surface area contributed by atoms with Crippen LogP contribution in [0.5, 0.6) is 0 Å². The lowest BCUT2D eigenvalue weighted by atomic mass is 9.91. The first-order chi connectivity index (χ1) is 8.74. The van der Waals surface area contributed by atoms with E-state index in [4.69, 9.17) is 5.73 Å². The number of carbonyl (C=O) groups is 1. The summed E-state index contributed by atoms with van der Waals surface area (Å²) in [5.41, 5.74) is 6.02. The van der Waals surface area contributed by atoms with Crippen molar-refractivity contribution >= 4 is 5.91 Å². The van der Waals surface area contributed by atoms with Crippen molar-refractivity contribution in [3.05, 3.63) is 0 Å². The van der Waals surface area contributed by atoms with E-state index in [1.54, 1.807) is 0 Å². The maximum absolute atomic E-state index is 11.8. The molecule has 3 nitrogen and oxygen atoms in total. The monoisotopic (exact) mass is 254 g/mol. The Labute approximate surface area is 112 Å². The average Bonchev–Trinajstić information content (AvgIpc) is 2.36. The molecule has 1 saturated carbocycles. The summed E-state index contributed by atoms with van der Waals surface area (Å²) >= 11 is 0. The minimum Gasteiger partial charge on any atom is -0.352 e. The number of carbonyl (C=O) groups excluding carboxylic acids is 1. The van der Waals surface area contributed by atoms with Crippen LogP contribution < -0.4 is 11.1 Å². The largest absolute Gasteiger partial charge is 0.352 e. The lowest BCUT2D eigenvalue weighted by Gasteiger charge is -2.29. The number of nitrogens with two attached hydrogens (primary N) is 1. The molecule has 0 aromatic carbocycles. The van der Waals surface area contributed by atoms with Crippen LogP contribution in [0, 0.1) is 0 Å². The Morgan fingerprint density at radius 2 is 1.78 bits per heavy atom. The van der Waals surface area contributed by atoms with Gasteiger partial charge in [0, 0.05) is 18.5 Å². The van der Waals surface area contributed by atoms with Crippen LogP contribution >= 0.6 is 0 Å². The van der Waals surface area contributed by atoms with Crippen LogP contribution in [0.25, 0.3) is 0 Å². The van der Waals surface area contributed by atoms with Crippen molar-refractivity contribution in [2.24, 2.45) is 5.73 Å². The highest BCUT2D eigenvalue weighted by atomic mass is 16.1. The van der Waals surface area contributed by atoms with Crippen molar-refractivity contribution in [2.45, 2.75) is 89.6 Å². The zero-order valence-corrected chi connectivity index (χ0v) is 11.9.